The summed E-state index contributed by atoms with van der Waals surface area (Å²) in [5, 5.41) is 2.15. The van der Waals surface area contributed by atoms with Gasteiger partial charge in [-0.05, 0) is 43.9 Å². The van der Waals surface area contributed by atoms with Crippen LogP contribution in [-0.2, 0) is 6.54 Å². The average Bonchev–Trinajstić information content (AvgIpc) is 2.75. The second-order valence-electron chi connectivity index (χ2n) is 3.80. The first-order chi connectivity index (χ1) is 7.36. The summed E-state index contributed by atoms with van der Waals surface area (Å²) in [6.07, 6.45) is 3.70. The highest BCUT2D eigenvalue weighted by Gasteiger charge is 2.03. The van der Waals surface area contributed by atoms with Crippen LogP contribution < -0.4 is 5.73 Å². The summed E-state index contributed by atoms with van der Waals surface area (Å²) in [5.74, 6) is 0. The highest BCUT2D eigenvalue weighted by Crippen LogP contribution is 2.12. The lowest BCUT2D eigenvalue weighted by Crippen LogP contribution is -2.23. The predicted octanol–water partition coefficient (Wildman–Crippen LogP) is 2.70. The molecular formula is C12H22N2S. The van der Waals surface area contributed by atoms with Crippen molar-refractivity contribution in [2.45, 2.75) is 32.7 Å². The fraction of sp³-hybridized carbons (Fsp3) is 0.667. The van der Waals surface area contributed by atoms with Gasteiger partial charge in [0, 0.05) is 11.4 Å². The number of rotatable bonds is 8. The molecule has 15 heavy (non-hydrogen) atoms. The highest BCUT2D eigenvalue weighted by molar-refractivity contribution is 7.09. The van der Waals surface area contributed by atoms with Gasteiger partial charge in [0.25, 0.3) is 0 Å². The lowest BCUT2D eigenvalue weighted by molar-refractivity contribution is 0.275. The molecule has 3 heteroatoms. The summed E-state index contributed by atoms with van der Waals surface area (Å²) in [5.41, 5.74) is 5.48. The van der Waals surface area contributed by atoms with E-state index in [9.17, 15) is 0 Å². The summed E-state index contributed by atoms with van der Waals surface area (Å²) >= 11 is 1.85. The van der Waals surface area contributed by atoms with Crippen molar-refractivity contribution >= 4 is 11.3 Å². The van der Waals surface area contributed by atoms with Gasteiger partial charge in [-0.25, -0.2) is 0 Å². The number of hydrogen-bond acceptors (Lipinski definition) is 3. The first-order valence-electron chi connectivity index (χ1n) is 5.81. The van der Waals surface area contributed by atoms with Crippen molar-refractivity contribution in [1.29, 1.82) is 0 Å². The molecule has 1 heterocycles. The zero-order chi connectivity index (χ0) is 10.9. The van der Waals surface area contributed by atoms with Crippen LogP contribution in [0, 0.1) is 0 Å². The molecule has 0 spiro atoms. The van der Waals surface area contributed by atoms with Crippen molar-refractivity contribution < 1.29 is 0 Å². The van der Waals surface area contributed by atoms with Crippen molar-refractivity contribution in [3.63, 3.8) is 0 Å². The predicted molar refractivity (Wildman–Crippen MR) is 68.2 cm³/mol. The zero-order valence-electron chi connectivity index (χ0n) is 9.61. The number of nitrogens with zero attached hydrogens (tertiary/aromatic N) is 1. The van der Waals surface area contributed by atoms with Gasteiger partial charge in [-0.2, -0.15) is 0 Å². The lowest BCUT2D eigenvalue weighted by Gasteiger charge is -2.19. The van der Waals surface area contributed by atoms with E-state index in [1.807, 2.05) is 11.3 Å². The fourth-order valence-corrected chi connectivity index (χ4v) is 2.37. The number of nitrogens with two attached hydrogens (primary N) is 1. The molecule has 2 nitrogen and oxygen atoms in total. The highest BCUT2D eigenvalue weighted by atomic mass is 32.1. The van der Waals surface area contributed by atoms with Gasteiger partial charge < -0.3 is 5.73 Å². The van der Waals surface area contributed by atoms with Crippen LogP contribution in [0.25, 0.3) is 0 Å². The molecule has 0 amide bonds. The van der Waals surface area contributed by atoms with Gasteiger partial charge >= 0.3 is 0 Å². The molecule has 1 rings (SSSR count). The summed E-state index contributed by atoms with van der Waals surface area (Å²) in [4.78, 5) is 3.97. The van der Waals surface area contributed by atoms with Gasteiger partial charge in [-0.15, -0.1) is 11.3 Å². The Kier molecular flexibility index (Phi) is 6.64. The minimum atomic E-state index is 0.830. The number of hydrogen-bond donors (Lipinski definition) is 1. The molecule has 0 aliphatic rings. The molecule has 86 valence electrons. The van der Waals surface area contributed by atoms with E-state index in [0.717, 1.165) is 26.1 Å². The maximum absolute atomic E-state index is 5.48. The fourth-order valence-electron chi connectivity index (χ4n) is 1.63. The van der Waals surface area contributed by atoms with E-state index in [1.165, 1.54) is 24.3 Å². The Balaban J connectivity index is 2.18. The Morgan fingerprint density at radius 1 is 1.33 bits per heavy atom. The third-order valence-electron chi connectivity index (χ3n) is 2.59. The average molecular weight is 226 g/mol. The zero-order valence-corrected chi connectivity index (χ0v) is 10.4. The van der Waals surface area contributed by atoms with E-state index in [0.29, 0.717) is 0 Å². The molecule has 0 unspecified atom stereocenters. The van der Waals surface area contributed by atoms with E-state index >= 15 is 0 Å². The maximum Gasteiger partial charge on any atom is 0.0327 e. The molecule has 0 aliphatic heterocycles. The lowest BCUT2D eigenvalue weighted by atomic mass is 10.2. The summed E-state index contributed by atoms with van der Waals surface area (Å²) in [7, 11) is 0. The van der Waals surface area contributed by atoms with Crippen LogP contribution in [-0.4, -0.2) is 24.5 Å². The third kappa shape index (κ3) is 5.30. The Morgan fingerprint density at radius 2 is 2.20 bits per heavy atom. The minimum absolute atomic E-state index is 0.830. The van der Waals surface area contributed by atoms with Crippen LogP contribution in [0.4, 0.5) is 0 Å². The van der Waals surface area contributed by atoms with E-state index in [-0.39, 0.29) is 0 Å². The van der Waals surface area contributed by atoms with Crippen molar-refractivity contribution in [2.75, 3.05) is 19.6 Å². The van der Waals surface area contributed by atoms with Crippen LogP contribution in [0.1, 0.15) is 31.1 Å². The van der Waals surface area contributed by atoms with Gasteiger partial charge in [0.1, 0.15) is 0 Å². The molecule has 2 N–H and O–H groups in total. The molecular weight excluding hydrogens is 204 g/mol. The van der Waals surface area contributed by atoms with Gasteiger partial charge in [0.15, 0.2) is 0 Å². The van der Waals surface area contributed by atoms with E-state index in [1.54, 1.807) is 0 Å². The Morgan fingerprint density at radius 3 is 2.80 bits per heavy atom. The molecule has 0 aliphatic carbocycles. The Hall–Kier alpha value is -0.380. The number of unbranched alkanes of at least 4 members (excludes halogenated alkanes) is 2. The monoisotopic (exact) mass is 226 g/mol. The summed E-state index contributed by atoms with van der Waals surface area (Å²) < 4.78 is 0. The molecule has 1 aromatic heterocycles. The van der Waals surface area contributed by atoms with Gasteiger partial charge in [-0.3, -0.25) is 4.90 Å². The molecule has 0 atom stereocenters. The Bertz CT molecular complexity index is 234. The van der Waals surface area contributed by atoms with E-state index < -0.39 is 0 Å². The van der Waals surface area contributed by atoms with Gasteiger partial charge in [0.05, 0.1) is 0 Å². The van der Waals surface area contributed by atoms with Crippen molar-refractivity contribution in [2.24, 2.45) is 5.73 Å². The SMILES string of the molecule is CCN(CCCCCN)Cc1cccs1. The van der Waals surface area contributed by atoms with Crippen LogP contribution in [0.2, 0.25) is 0 Å². The van der Waals surface area contributed by atoms with E-state index in [4.69, 9.17) is 5.73 Å². The van der Waals surface area contributed by atoms with Crippen molar-refractivity contribution in [1.82, 2.24) is 4.90 Å². The minimum Gasteiger partial charge on any atom is -0.330 e. The topological polar surface area (TPSA) is 29.3 Å². The van der Waals surface area contributed by atoms with Gasteiger partial charge in [0.2, 0.25) is 0 Å². The first-order valence-corrected chi connectivity index (χ1v) is 6.69. The normalized spacial score (nSPS) is 11.1. The standard InChI is InChI=1S/C12H22N2S/c1-2-14(9-5-3-4-8-13)11-12-7-6-10-15-12/h6-7,10H,2-5,8-9,11,13H2,1H3. The largest absolute Gasteiger partial charge is 0.330 e. The van der Waals surface area contributed by atoms with Crippen molar-refractivity contribution in [3.8, 4) is 0 Å². The molecule has 1 aromatic rings. The van der Waals surface area contributed by atoms with Crippen LogP contribution in [0.5, 0.6) is 0 Å². The van der Waals surface area contributed by atoms with Crippen LogP contribution in [0.3, 0.4) is 0 Å². The van der Waals surface area contributed by atoms with Gasteiger partial charge in [-0.1, -0.05) is 19.4 Å². The Labute approximate surface area is 97.1 Å². The quantitative estimate of drug-likeness (QED) is 0.691. The number of thiophene rings is 1. The third-order valence-corrected chi connectivity index (χ3v) is 3.45. The molecule has 0 saturated carbocycles. The molecule has 0 fully saturated rings. The first kappa shape index (κ1) is 12.7. The second-order valence-corrected chi connectivity index (χ2v) is 4.83. The van der Waals surface area contributed by atoms with Crippen LogP contribution >= 0.6 is 11.3 Å². The van der Waals surface area contributed by atoms with Crippen molar-refractivity contribution in [3.05, 3.63) is 22.4 Å². The smallest absolute Gasteiger partial charge is 0.0327 e. The molecule has 0 aromatic carbocycles. The second kappa shape index (κ2) is 7.85. The van der Waals surface area contributed by atoms with Crippen LogP contribution in [0.15, 0.2) is 17.5 Å². The summed E-state index contributed by atoms with van der Waals surface area (Å²) in [6.45, 7) is 6.51. The maximum atomic E-state index is 5.48. The molecule has 0 bridgehead atoms. The van der Waals surface area contributed by atoms with E-state index in [2.05, 4.69) is 29.3 Å². The summed E-state index contributed by atoms with van der Waals surface area (Å²) in [6, 6.07) is 4.34. The molecule has 0 saturated heterocycles. The molecule has 0 radical (unpaired) electrons.